The van der Waals surface area contributed by atoms with Crippen molar-refractivity contribution >= 4 is 23.5 Å². The van der Waals surface area contributed by atoms with Gasteiger partial charge in [-0.25, -0.2) is 4.99 Å². The van der Waals surface area contributed by atoms with Crippen LogP contribution in [0.4, 0.5) is 18.9 Å². The molecule has 1 fully saturated rings. The molecule has 0 spiro atoms. The molecule has 0 saturated carbocycles. The van der Waals surface area contributed by atoms with Crippen LogP contribution >= 0.6 is 0 Å². The summed E-state index contributed by atoms with van der Waals surface area (Å²) in [4.78, 5) is 27.7. The van der Waals surface area contributed by atoms with Gasteiger partial charge in [0.15, 0.2) is 12.2 Å². The monoisotopic (exact) mass is 615 g/mol. The van der Waals surface area contributed by atoms with Gasteiger partial charge in [0, 0.05) is 13.8 Å². The van der Waals surface area contributed by atoms with Gasteiger partial charge in [-0.3, -0.25) is 9.59 Å². The molecular weight excluding hydrogens is 583 g/mol. The minimum Gasteiger partial charge on any atom is -0.463 e. The van der Waals surface area contributed by atoms with Crippen LogP contribution in [0.1, 0.15) is 25.0 Å². The fourth-order valence-electron chi connectivity index (χ4n) is 4.43. The highest BCUT2D eigenvalue weighted by Gasteiger charge is 2.53. The standard InChI is InChI=1S/C32H32F3NO8/c1-21(37)39-20-26-27(40-18-23-12-6-3-7-13-23)28(42-22(2)38)29(41-19-24-14-8-4-9-15-24)30(43-26)44-31(32(33,34)35)36-25-16-10-5-11-17-25/h3-17,26-30H,18-20H2,1-2H3/t26-,27-,28+,29-,30?/m1/s1. The summed E-state index contributed by atoms with van der Waals surface area (Å²) in [5.41, 5.74) is 1.43. The van der Waals surface area contributed by atoms with Crippen LogP contribution in [-0.2, 0) is 51.2 Å². The maximum atomic E-state index is 14.3. The Bertz CT molecular complexity index is 1370. The molecule has 1 saturated heterocycles. The molecule has 0 amide bonds. The van der Waals surface area contributed by atoms with Gasteiger partial charge in [0.2, 0.25) is 6.29 Å². The Balaban J connectivity index is 1.73. The third-order valence-corrected chi connectivity index (χ3v) is 6.37. The minimum atomic E-state index is -5.04. The quantitative estimate of drug-likeness (QED) is 0.154. The van der Waals surface area contributed by atoms with Gasteiger partial charge in [-0.05, 0) is 23.3 Å². The summed E-state index contributed by atoms with van der Waals surface area (Å²) in [7, 11) is 0. The van der Waals surface area contributed by atoms with Gasteiger partial charge in [0.1, 0.15) is 18.8 Å². The van der Waals surface area contributed by atoms with Crippen LogP contribution < -0.4 is 0 Å². The van der Waals surface area contributed by atoms with Gasteiger partial charge in [-0.1, -0.05) is 78.9 Å². The summed E-state index contributed by atoms with van der Waals surface area (Å²) in [6.45, 7) is 1.80. The molecule has 0 radical (unpaired) electrons. The van der Waals surface area contributed by atoms with E-state index in [1.54, 1.807) is 60.7 Å². The lowest BCUT2D eigenvalue weighted by Crippen LogP contribution is -2.62. The highest BCUT2D eigenvalue weighted by Crippen LogP contribution is 2.33. The molecular formula is C32H32F3NO8. The normalized spacial score (nSPS) is 22.2. The number of alkyl halides is 3. The van der Waals surface area contributed by atoms with E-state index < -0.39 is 61.3 Å². The van der Waals surface area contributed by atoms with Gasteiger partial charge in [-0.15, -0.1) is 0 Å². The molecule has 5 atom stereocenters. The van der Waals surface area contributed by atoms with Crippen LogP contribution in [-0.4, -0.2) is 61.3 Å². The molecule has 0 N–H and O–H groups in total. The molecule has 4 rings (SSSR count). The molecule has 234 valence electrons. The number of carbonyl (C=O) groups excluding carboxylic acids is 2. The Morgan fingerprint density at radius 3 is 1.75 bits per heavy atom. The summed E-state index contributed by atoms with van der Waals surface area (Å²) in [5.74, 6) is -3.03. The molecule has 0 aromatic heterocycles. The third kappa shape index (κ3) is 9.63. The molecule has 1 unspecified atom stereocenters. The highest BCUT2D eigenvalue weighted by atomic mass is 19.4. The number of hydrogen-bond acceptors (Lipinski definition) is 9. The second-order valence-electron chi connectivity index (χ2n) is 9.81. The van der Waals surface area contributed by atoms with Gasteiger partial charge < -0.3 is 28.4 Å². The number of rotatable bonds is 11. The number of halogens is 3. The largest absolute Gasteiger partial charge is 0.468 e. The zero-order chi connectivity index (χ0) is 31.5. The van der Waals surface area contributed by atoms with Crippen molar-refractivity contribution in [2.45, 2.75) is 63.9 Å². The van der Waals surface area contributed by atoms with E-state index in [0.717, 1.165) is 12.5 Å². The van der Waals surface area contributed by atoms with Crippen LogP contribution in [0.25, 0.3) is 0 Å². The molecule has 0 aliphatic carbocycles. The van der Waals surface area contributed by atoms with E-state index in [4.69, 9.17) is 28.4 Å². The fraction of sp³-hybridized carbons (Fsp3) is 0.344. The predicted molar refractivity (Wildman–Crippen MR) is 152 cm³/mol. The van der Waals surface area contributed by atoms with Crippen molar-refractivity contribution in [2.24, 2.45) is 4.99 Å². The molecule has 12 heteroatoms. The number of carbonyl (C=O) groups is 2. The average Bonchev–Trinajstić information content (AvgIpc) is 2.99. The van der Waals surface area contributed by atoms with E-state index in [1.165, 1.54) is 31.2 Å². The Morgan fingerprint density at radius 2 is 1.25 bits per heavy atom. The maximum Gasteiger partial charge on any atom is 0.468 e. The number of para-hydroxylation sites is 1. The predicted octanol–water partition coefficient (Wildman–Crippen LogP) is 5.69. The summed E-state index contributed by atoms with van der Waals surface area (Å²) in [6, 6.07) is 25.3. The third-order valence-electron chi connectivity index (χ3n) is 6.37. The topological polar surface area (TPSA) is 102 Å². The molecule has 9 nitrogen and oxygen atoms in total. The van der Waals surface area contributed by atoms with E-state index in [0.29, 0.717) is 5.56 Å². The number of esters is 2. The maximum absolute atomic E-state index is 14.3. The van der Waals surface area contributed by atoms with Gasteiger partial charge in [0.25, 0.3) is 5.90 Å². The van der Waals surface area contributed by atoms with Crippen molar-refractivity contribution in [1.29, 1.82) is 0 Å². The molecule has 44 heavy (non-hydrogen) atoms. The fourth-order valence-corrected chi connectivity index (χ4v) is 4.43. The zero-order valence-electron chi connectivity index (χ0n) is 24.0. The molecule has 3 aromatic carbocycles. The minimum absolute atomic E-state index is 0.0173. The van der Waals surface area contributed by atoms with Crippen molar-refractivity contribution in [2.75, 3.05) is 6.61 Å². The molecule has 0 bridgehead atoms. The smallest absolute Gasteiger partial charge is 0.463 e. The van der Waals surface area contributed by atoms with Gasteiger partial charge in [-0.2, -0.15) is 13.2 Å². The Kier molecular flexibility index (Phi) is 11.5. The van der Waals surface area contributed by atoms with E-state index in [9.17, 15) is 22.8 Å². The SMILES string of the molecule is CC(=O)OC[C@H]1OC(OC(=Nc2ccccc2)C(F)(F)F)[C@H](OCc2ccccc2)[C@@H](OC(C)=O)[C@@H]1OCc1ccccc1. The van der Waals surface area contributed by atoms with Crippen LogP contribution in [0.5, 0.6) is 0 Å². The van der Waals surface area contributed by atoms with E-state index >= 15 is 0 Å². The first-order valence-corrected chi connectivity index (χ1v) is 13.7. The number of aliphatic imine (C=N–C) groups is 1. The lowest BCUT2D eigenvalue weighted by atomic mass is 9.98. The lowest BCUT2D eigenvalue weighted by molar-refractivity contribution is -0.308. The van der Waals surface area contributed by atoms with E-state index in [1.807, 2.05) is 6.07 Å². The van der Waals surface area contributed by atoms with Crippen LogP contribution in [0.2, 0.25) is 0 Å². The van der Waals surface area contributed by atoms with Crippen LogP contribution in [0.15, 0.2) is 96.0 Å². The second-order valence-corrected chi connectivity index (χ2v) is 9.81. The number of hydrogen-bond donors (Lipinski definition) is 0. The van der Waals surface area contributed by atoms with Crippen molar-refractivity contribution in [3.05, 3.63) is 102 Å². The zero-order valence-corrected chi connectivity index (χ0v) is 24.0. The average molecular weight is 616 g/mol. The lowest BCUT2D eigenvalue weighted by Gasteiger charge is -2.45. The van der Waals surface area contributed by atoms with Crippen LogP contribution in [0, 0.1) is 0 Å². The second kappa shape index (κ2) is 15.5. The van der Waals surface area contributed by atoms with Crippen molar-refractivity contribution in [3.8, 4) is 0 Å². The molecule has 1 aliphatic heterocycles. The summed E-state index contributed by atoms with van der Waals surface area (Å²) >= 11 is 0. The summed E-state index contributed by atoms with van der Waals surface area (Å²) < 4.78 is 77.2. The van der Waals surface area contributed by atoms with Gasteiger partial charge >= 0.3 is 18.1 Å². The van der Waals surface area contributed by atoms with Crippen LogP contribution in [0.3, 0.4) is 0 Å². The number of nitrogens with zero attached hydrogens (tertiary/aromatic N) is 1. The molecule has 1 heterocycles. The Hall–Kier alpha value is -4.26. The van der Waals surface area contributed by atoms with E-state index in [-0.39, 0.29) is 18.9 Å². The number of benzene rings is 3. The number of ether oxygens (including phenoxy) is 6. The first-order chi connectivity index (χ1) is 21.1. The van der Waals surface area contributed by atoms with Crippen molar-refractivity contribution in [3.63, 3.8) is 0 Å². The van der Waals surface area contributed by atoms with Gasteiger partial charge in [0.05, 0.1) is 18.9 Å². The molecule has 1 aliphatic rings. The van der Waals surface area contributed by atoms with Crippen molar-refractivity contribution < 1.29 is 51.2 Å². The highest BCUT2D eigenvalue weighted by molar-refractivity contribution is 5.84. The Labute approximate surface area is 252 Å². The molecule has 3 aromatic rings. The Morgan fingerprint density at radius 1 is 0.727 bits per heavy atom. The summed E-state index contributed by atoms with van der Waals surface area (Å²) in [5, 5.41) is 0. The first kappa shape index (κ1) is 32.6. The summed E-state index contributed by atoms with van der Waals surface area (Å²) in [6.07, 6.45) is -12.0. The first-order valence-electron chi connectivity index (χ1n) is 13.7. The van der Waals surface area contributed by atoms with E-state index in [2.05, 4.69) is 4.99 Å². The van der Waals surface area contributed by atoms with Crippen molar-refractivity contribution in [1.82, 2.24) is 0 Å².